The van der Waals surface area contributed by atoms with Crippen LogP contribution in [-0.4, -0.2) is 40.4 Å². The summed E-state index contributed by atoms with van der Waals surface area (Å²) in [6.45, 7) is 5.48. The lowest BCUT2D eigenvalue weighted by atomic mass is 10.7. The molecule has 0 aliphatic rings. The first-order valence-corrected chi connectivity index (χ1v) is 5.40. The van der Waals surface area contributed by atoms with Crippen LogP contribution in [0.5, 0.6) is 0 Å². The Morgan fingerprint density at radius 1 is 1.55 bits per heavy atom. The fourth-order valence-electron chi connectivity index (χ4n) is 0.581. The molecule has 64 valence electrons. The minimum atomic E-state index is -0.796. The number of rotatable bonds is 4. The van der Waals surface area contributed by atoms with Crippen LogP contribution in [0.15, 0.2) is 4.99 Å². The third-order valence-electron chi connectivity index (χ3n) is 1.09. The highest BCUT2D eigenvalue weighted by Crippen LogP contribution is 1.83. The lowest BCUT2D eigenvalue weighted by Gasteiger charge is -2.01. The van der Waals surface area contributed by atoms with Crippen molar-refractivity contribution in [3.05, 3.63) is 0 Å². The van der Waals surface area contributed by atoms with Crippen LogP contribution in [0.4, 0.5) is 0 Å². The molecule has 1 atom stereocenters. The fraction of sp³-hybridized carbons (Fsp3) is 0.857. The summed E-state index contributed by atoms with van der Waals surface area (Å²) >= 11 is -0.796. The van der Waals surface area contributed by atoms with Crippen molar-refractivity contribution < 1.29 is 9.13 Å². The molecule has 0 saturated carbocycles. The molecule has 0 N–H and O–H groups in total. The lowest BCUT2D eigenvalue weighted by Crippen LogP contribution is -2.19. The second-order valence-corrected chi connectivity index (χ2v) is 3.54. The van der Waals surface area contributed by atoms with Crippen LogP contribution < -0.4 is 0 Å². The SMILES string of the molecule is CCN=C=[N+](CC)C[S+](C)[O-]. The van der Waals surface area contributed by atoms with Gasteiger partial charge in [-0.25, -0.2) is 0 Å². The van der Waals surface area contributed by atoms with Crippen molar-refractivity contribution in [3.63, 3.8) is 0 Å². The molecule has 0 rings (SSSR count). The van der Waals surface area contributed by atoms with Crippen molar-refractivity contribution in [2.45, 2.75) is 13.8 Å². The Balaban J connectivity index is 4.05. The largest absolute Gasteiger partial charge is 0.613 e. The molecule has 0 aromatic heterocycles. The van der Waals surface area contributed by atoms with Gasteiger partial charge in [-0.3, -0.25) is 0 Å². The molecule has 0 fully saturated rings. The number of nitrogens with zero attached hydrogens (tertiary/aromatic N) is 2. The van der Waals surface area contributed by atoms with Crippen LogP contribution >= 0.6 is 0 Å². The van der Waals surface area contributed by atoms with Gasteiger partial charge in [-0.2, -0.15) is 4.58 Å². The third kappa shape index (κ3) is 6.10. The van der Waals surface area contributed by atoms with E-state index in [2.05, 4.69) is 11.0 Å². The molecular formula is C7H15N2OS+. The topological polar surface area (TPSA) is 38.4 Å². The number of hydrogen-bond donors (Lipinski definition) is 0. The van der Waals surface area contributed by atoms with E-state index in [0.717, 1.165) is 13.1 Å². The van der Waals surface area contributed by atoms with E-state index in [0.29, 0.717) is 5.88 Å². The Bertz CT molecular complexity index is 162. The van der Waals surface area contributed by atoms with Gasteiger partial charge in [0.1, 0.15) is 6.54 Å². The predicted octanol–water partition coefficient (Wildman–Crippen LogP) is 0.549. The van der Waals surface area contributed by atoms with Crippen molar-refractivity contribution in [2.24, 2.45) is 4.99 Å². The average molecular weight is 175 g/mol. The summed E-state index contributed by atoms with van der Waals surface area (Å²) in [4.78, 5) is 3.94. The van der Waals surface area contributed by atoms with Crippen molar-refractivity contribution >= 4 is 17.2 Å². The van der Waals surface area contributed by atoms with E-state index in [1.165, 1.54) is 0 Å². The normalized spacial score (nSPS) is 12.0. The summed E-state index contributed by atoms with van der Waals surface area (Å²) < 4.78 is 12.6. The molecule has 4 heteroatoms. The molecule has 0 aromatic rings. The summed E-state index contributed by atoms with van der Waals surface area (Å²) in [5, 5.41) is 0. The highest BCUT2D eigenvalue weighted by molar-refractivity contribution is 7.90. The van der Waals surface area contributed by atoms with Gasteiger partial charge in [0.25, 0.3) is 0 Å². The van der Waals surface area contributed by atoms with E-state index in [9.17, 15) is 4.55 Å². The minimum Gasteiger partial charge on any atom is -0.613 e. The van der Waals surface area contributed by atoms with Gasteiger partial charge in [0, 0.05) is 0 Å². The number of hydrogen-bond acceptors (Lipinski definition) is 2. The Morgan fingerprint density at radius 2 is 2.18 bits per heavy atom. The molecule has 3 nitrogen and oxygen atoms in total. The molecule has 0 amide bonds. The van der Waals surface area contributed by atoms with Crippen LogP contribution in [0.3, 0.4) is 0 Å². The second-order valence-electron chi connectivity index (χ2n) is 2.13. The Morgan fingerprint density at radius 3 is 2.55 bits per heavy atom. The maximum absolute atomic E-state index is 10.8. The Kier molecular flexibility index (Phi) is 6.22. The molecule has 1 unspecified atom stereocenters. The molecule has 0 heterocycles. The minimum absolute atomic E-state index is 0.528. The molecular weight excluding hydrogens is 160 g/mol. The molecule has 0 spiro atoms. The zero-order valence-electron chi connectivity index (χ0n) is 7.33. The summed E-state index contributed by atoms with van der Waals surface area (Å²) in [6, 6.07) is 2.82. The maximum Gasteiger partial charge on any atom is 0.310 e. The van der Waals surface area contributed by atoms with Gasteiger partial charge in [-0.05, 0) is 30.0 Å². The zero-order valence-corrected chi connectivity index (χ0v) is 8.15. The van der Waals surface area contributed by atoms with E-state index in [1.54, 1.807) is 6.26 Å². The molecule has 0 aliphatic carbocycles. The van der Waals surface area contributed by atoms with Gasteiger partial charge in [0.2, 0.25) is 5.88 Å². The maximum atomic E-state index is 10.8. The molecule has 0 radical (unpaired) electrons. The van der Waals surface area contributed by atoms with Crippen molar-refractivity contribution in [3.8, 4) is 0 Å². The fourth-order valence-corrected chi connectivity index (χ4v) is 1.26. The predicted molar refractivity (Wildman–Crippen MR) is 47.7 cm³/mol. The first kappa shape index (κ1) is 10.7. The Hall–Kier alpha value is -0.310. The van der Waals surface area contributed by atoms with Crippen molar-refractivity contribution in [2.75, 3.05) is 25.2 Å². The molecule has 0 aliphatic heterocycles. The third-order valence-corrected chi connectivity index (χ3v) is 1.76. The van der Waals surface area contributed by atoms with Crippen LogP contribution in [0, 0.1) is 0 Å². The standard InChI is InChI=1S/C7H15N2OS/c1-4-8-6-9(5-2)7-11(3)10/h4-5,7H2,1-3H3/q+1. The highest BCUT2D eigenvalue weighted by atomic mass is 32.2. The zero-order chi connectivity index (χ0) is 8.69. The molecule has 0 saturated heterocycles. The van der Waals surface area contributed by atoms with Crippen molar-refractivity contribution in [1.29, 1.82) is 0 Å². The first-order chi connectivity index (χ1) is 5.20. The average Bonchev–Trinajstić information content (AvgIpc) is 1.97. The second kappa shape index (κ2) is 6.40. The van der Waals surface area contributed by atoms with Gasteiger partial charge >= 0.3 is 6.01 Å². The molecule has 0 aromatic carbocycles. The quantitative estimate of drug-likeness (QED) is 0.349. The lowest BCUT2D eigenvalue weighted by molar-refractivity contribution is -0.498. The van der Waals surface area contributed by atoms with Gasteiger partial charge in [0.05, 0.1) is 12.8 Å². The molecule has 0 bridgehead atoms. The van der Waals surface area contributed by atoms with E-state index < -0.39 is 11.2 Å². The Labute approximate surface area is 71.0 Å². The van der Waals surface area contributed by atoms with E-state index >= 15 is 0 Å². The highest BCUT2D eigenvalue weighted by Gasteiger charge is 2.02. The van der Waals surface area contributed by atoms with Crippen LogP contribution in [0.25, 0.3) is 0 Å². The summed E-state index contributed by atoms with van der Waals surface area (Å²) in [7, 11) is 0. The van der Waals surface area contributed by atoms with Gasteiger partial charge < -0.3 is 4.55 Å². The van der Waals surface area contributed by atoms with Gasteiger partial charge in [-0.1, -0.05) is 0 Å². The van der Waals surface area contributed by atoms with Crippen molar-refractivity contribution in [1.82, 2.24) is 0 Å². The number of aliphatic imine (C=N–C) groups is 1. The van der Waals surface area contributed by atoms with Crippen LogP contribution in [0.2, 0.25) is 0 Å². The van der Waals surface area contributed by atoms with Crippen LogP contribution in [-0.2, 0) is 11.2 Å². The van der Waals surface area contributed by atoms with E-state index in [1.807, 2.05) is 18.4 Å². The van der Waals surface area contributed by atoms with E-state index in [-0.39, 0.29) is 0 Å². The van der Waals surface area contributed by atoms with E-state index in [4.69, 9.17) is 0 Å². The summed E-state index contributed by atoms with van der Waals surface area (Å²) in [5.41, 5.74) is 0. The van der Waals surface area contributed by atoms with Gasteiger partial charge in [-0.15, -0.1) is 0 Å². The summed E-state index contributed by atoms with van der Waals surface area (Å²) in [6.07, 6.45) is 1.68. The molecule has 11 heavy (non-hydrogen) atoms. The smallest absolute Gasteiger partial charge is 0.310 e. The van der Waals surface area contributed by atoms with Crippen LogP contribution in [0.1, 0.15) is 13.8 Å². The van der Waals surface area contributed by atoms with Gasteiger partial charge in [0.15, 0.2) is 0 Å². The monoisotopic (exact) mass is 175 g/mol. The summed E-state index contributed by atoms with van der Waals surface area (Å²) in [5.74, 6) is 0.528. The first-order valence-electron chi connectivity index (χ1n) is 3.67.